The molecule has 3 aromatic carbocycles. The topological polar surface area (TPSA) is 81.5 Å². The minimum Gasteiger partial charge on any atom is -0.434 e. The molecule has 2 fully saturated rings. The molecule has 2 saturated heterocycles. The number of alkyl halides is 2. The summed E-state index contributed by atoms with van der Waals surface area (Å²) >= 11 is 0. The molecule has 2 aliphatic heterocycles. The predicted molar refractivity (Wildman–Crippen MR) is 162 cm³/mol. The number of aromatic nitrogens is 1. The molecule has 1 atom stereocenters. The van der Waals surface area contributed by atoms with Crippen molar-refractivity contribution < 1.29 is 18.3 Å². The van der Waals surface area contributed by atoms with Crippen molar-refractivity contribution in [3.63, 3.8) is 0 Å². The van der Waals surface area contributed by atoms with Crippen LogP contribution in [0.5, 0.6) is 5.75 Å². The first-order chi connectivity index (χ1) is 21.0. The Morgan fingerprint density at radius 1 is 1.00 bits per heavy atom. The number of amides is 1. The molecule has 0 saturated carbocycles. The summed E-state index contributed by atoms with van der Waals surface area (Å²) in [7, 11) is 0. The fraction of sp³-hybridized carbons (Fsp3) is 0.324. The summed E-state index contributed by atoms with van der Waals surface area (Å²) in [6.45, 7) is 1.02. The van der Waals surface area contributed by atoms with Crippen LogP contribution in [0.25, 0.3) is 22.0 Å². The van der Waals surface area contributed by atoms with Crippen LogP contribution in [0, 0.1) is 11.3 Å². The lowest BCUT2D eigenvalue weighted by atomic mass is 9.99. The summed E-state index contributed by atoms with van der Waals surface area (Å²) in [6.07, 6.45) is 4.35. The highest BCUT2D eigenvalue weighted by Gasteiger charge is 2.32. The molecule has 43 heavy (non-hydrogen) atoms. The Balaban J connectivity index is 1.35. The predicted octanol–water partition coefficient (Wildman–Crippen LogP) is 6.69. The zero-order valence-electron chi connectivity index (χ0n) is 23.8. The normalized spacial score (nSPS) is 17.0. The first-order valence-electron chi connectivity index (χ1n) is 14.7. The number of hydrogen-bond donors (Lipinski definition) is 1. The Hall–Kier alpha value is -4.55. The summed E-state index contributed by atoms with van der Waals surface area (Å²) < 4.78 is 30.6. The molecule has 0 spiro atoms. The zero-order chi connectivity index (χ0) is 29.8. The molecular weight excluding hydrogens is 548 g/mol. The average molecular weight is 582 g/mol. The number of rotatable bonds is 9. The number of carbonyl (C=O) groups excluding carboxylic acids is 1. The number of nitriles is 1. The highest BCUT2D eigenvalue weighted by atomic mass is 19.3. The number of pyridine rings is 1. The second-order valence-corrected chi connectivity index (χ2v) is 11.1. The number of benzene rings is 3. The quantitative estimate of drug-likeness (QED) is 0.237. The van der Waals surface area contributed by atoms with Crippen molar-refractivity contribution >= 4 is 22.6 Å². The van der Waals surface area contributed by atoms with Gasteiger partial charge in [0.15, 0.2) is 0 Å². The molecule has 4 aromatic rings. The molecule has 0 aliphatic carbocycles. The van der Waals surface area contributed by atoms with Gasteiger partial charge in [-0.1, -0.05) is 36.4 Å². The van der Waals surface area contributed by atoms with Gasteiger partial charge in [-0.15, -0.1) is 0 Å². The number of nitrogens with zero attached hydrogens (tertiary/aromatic N) is 4. The smallest absolute Gasteiger partial charge is 0.387 e. The standard InChI is InChI=1S/C34H33F2N5O2/c35-34(36)43-31-8-2-1-6-26(31)21-38-32-19-29(33(42)41-17-5-7-27(41)22-40-15-3-4-16-40)28-18-25(13-14-30(28)39-32)24-11-9-23(20-37)10-12-24/h1-2,6,8-14,18-19,27,34H,3-5,7,15-17,21-22H2,(H,38,39)/t27-/m0/s1. The number of ether oxygens (including phenoxy) is 1. The maximum absolute atomic E-state index is 14.3. The monoisotopic (exact) mass is 581 g/mol. The van der Waals surface area contributed by atoms with Crippen LogP contribution in [-0.4, -0.2) is 59.5 Å². The Morgan fingerprint density at radius 2 is 1.77 bits per heavy atom. The highest BCUT2D eigenvalue weighted by Crippen LogP contribution is 2.31. The Kier molecular flexibility index (Phi) is 8.47. The average Bonchev–Trinajstić information content (AvgIpc) is 3.72. The van der Waals surface area contributed by atoms with Crippen molar-refractivity contribution in [2.45, 2.75) is 44.9 Å². The molecule has 1 amide bonds. The third-order valence-electron chi connectivity index (χ3n) is 8.34. The van der Waals surface area contributed by atoms with E-state index in [1.807, 2.05) is 35.2 Å². The molecule has 0 radical (unpaired) electrons. The van der Waals surface area contributed by atoms with Gasteiger partial charge in [-0.25, -0.2) is 4.98 Å². The van der Waals surface area contributed by atoms with E-state index in [4.69, 9.17) is 9.72 Å². The van der Waals surface area contributed by atoms with Gasteiger partial charge in [0.25, 0.3) is 5.91 Å². The molecule has 0 unspecified atom stereocenters. The molecule has 6 rings (SSSR count). The molecule has 220 valence electrons. The molecule has 1 aromatic heterocycles. The highest BCUT2D eigenvalue weighted by molar-refractivity contribution is 6.08. The van der Waals surface area contributed by atoms with Gasteiger partial charge in [0.1, 0.15) is 11.6 Å². The minimum atomic E-state index is -2.93. The number of nitrogens with one attached hydrogen (secondary N) is 1. The van der Waals surface area contributed by atoms with Crippen molar-refractivity contribution in [1.82, 2.24) is 14.8 Å². The van der Waals surface area contributed by atoms with Crippen molar-refractivity contribution in [2.75, 3.05) is 31.5 Å². The van der Waals surface area contributed by atoms with Crippen molar-refractivity contribution in [3.05, 3.63) is 89.5 Å². The molecule has 1 N–H and O–H groups in total. The van der Waals surface area contributed by atoms with E-state index in [1.54, 1.807) is 36.4 Å². The van der Waals surface area contributed by atoms with E-state index in [0.29, 0.717) is 34.6 Å². The fourth-order valence-electron chi connectivity index (χ4n) is 6.17. The van der Waals surface area contributed by atoms with Gasteiger partial charge < -0.3 is 19.9 Å². The Morgan fingerprint density at radius 3 is 2.53 bits per heavy atom. The summed E-state index contributed by atoms with van der Waals surface area (Å²) in [5.41, 5.74) is 4.19. The SMILES string of the molecule is N#Cc1ccc(-c2ccc3nc(NCc4ccccc4OC(F)F)cc(C(=O)N4CCC[C@H]4CN4CCCC4)c3c2)cc1. The summed E-state index contributed by atoms with van der Waals surface area (Å²) in [5.74, 6) is 0.538. The number of fused-ring (bicyclic) bond motifs is 1. The second kappa shape index (κ2) is 12.8. The molecule has 3 heterocycles. The largest absolute Gasteiger partial charge is 0.434 e. The van der Waals surface area contributed by atoms with E-state index in [9.17, 15) is 18.8 Å². The lowest BCUT2D eigenvalue weighted by molar-refractivity contribution is -0.0504. The second-order valence-electron chi connectivity index (χ2n) is 11.1. The minimum absolute atomic E-state index is 0.0319. The lowest BCUT2D eigenvalue weighted by Gasteiger charge is -2.29. The van der Waals surface area contributed by atoms with Crippen LogP contribution in [-0.2, 0) is 6.54 Å². The van der Waals surface area contributed by atoms with Crippen molar-refractivity contribution in [1.29, 1.82) is 5.26 Å². The van der Waals surface area contributed by atoms with Crippen LogP contribution in [0.3, 0.4) is 0 Å². The van der Waals surface area contributed by atoms with Gasteiger partial charge in [-0.2, -0.15) is 14.0 Å². The summed E-state index contributed by atoms with van der Waals surface area (Å²) in [5, 5.41) is 13.2. The molecule has 7 nitrogen and oxygen atoms in total. The van der Waals surface area contributed by atoms with Gasteiger partial charge in [0, 0.05) is 36.6 Å². The molecule has 9 heteroatoms. The number of hydrogen-bond acceptors (Lipinski definition) is 6. The van der Waals surface area contributed by atoms with Crippen LogP contribution < -0.4 is 10.1 Å². The zero-order valence-corrected chi connectivity index (χ0v) is 23.8. The van der Waals surface area contributed by atoms with Crippen molar-refractivity contribution in [2.24, 2.45) is 0 Å². The van der Waals surface area contributed by atoms with E-state index < -0.39 is 6.61 Å². The van der Waals surface area contributed by atoms with E-state index in [2.05, 4.69) is 16.3 Å². The van der Waals surface area contributed by atoms with E-state index in [0.717, 1.165) is 49.0 Å². The first-order valence-corrected chi connectivity index (χ1v) is 14.7. The van der Waals surface area contributed by atoms with Gasteiger partial charge >= 0.3 is 6.61 Å². The Bertz CT molecular complexity index is 1650. The van der Waals surface area contributed by atoms with Crippen molar-refractivity contribution in [3.8, 4) is 22.9 Å². The van der Waals surface area contributed by atoms with Crippen LogP contribution in [0.15, 0.2) is 72.8 Å². The number of likely N-dealkylation sites (tertiary alicyclic amines) is 2. The van der Waals surface area contributed by atoms with Gasteiger partial charge in [0.05, 0.1) is 22.7 Å². The number of halogens is 2. The fourth-order valence-corrected chi connectivity index (χ4v) is 6.17. The first kappa shape index (κ1) is 28.6. The van der Waals surface area contributed by atoms with Crippen LogP contribution >= 0.6 is 0 Å². The van der Waals surface area contributed by atoms with Gasteiger partial charge in [-0.3, -0.25) is 4.79 Å². The maximum atomic E-state index is 14.3. The summed E-state index contributed by atoms with van der Waals surface area (Å²) in [4.78, 5) is 23.5. The maximum Gasteiger partial charge on any atom is 0.387 e. The molecular formula is C34H33F2N5O2. The van der Waals surface area contributed by atoms with Gasteiger partial charge in [-0.05, 0) is 86.3 Å². The molecule has 2 aliphatic rings. The Labute approximate surface area is 249 Å². The van der Waals surface area contributed by atoms with Crippen LogP contribution in [0.2, 0.25) is 0 Å². The number of para-hydroxylation sites is 1. The molecule has 0 bridgehead atoms. The van der Waals surface area contributed by atoms with Crippen LogP contribution in [0.1, 0.15) is 47.2 Å². The van der Waals surface area contributed by atoms with E-state index in [-0.39, 0.29) is 24.2 Å². The number of carbonyl (C=O) groups is 1. The van der Waals surface area contributed by atoms with Crippen LogP contribution in [0.4, 0.5) is 14.6 Å². The third kappa shape index (κ3) is 6.45. The van der Waals surface area contributed by atoms with Gasteiger partial charge in [0.2, 0.25) is 0 Å². The summed E-state index contributed by atoms with van der Waals surface area (Å²) in [6, 6.07) is 23.9. The number of anilines is 1. The van der Waals surface area contributed by atoms with E-state index >= 15 is 0 Å². The van der Waals surface area contributed by atoms with E-state index in [1.165, 1.54) is 18.9 Å². The lowest BCUT2D eigenvalue weighted by Crippen LogP contribution is -2.42. The third-order valence-corrected chi connectivity index (χ3v) is 8.34.